The largest absolute Gasteiger partial charge is 0.341 e. The molecule has 1 aromatic carbocycles. The molecule has 0 aromatic heterocycles. The van der Waals surface area contributed by atoms with E-state index in [4.69, 9.17) is 0 Å². The van der Waals surface area contributed by atoms with Crippen LogP contribution in [0.1, 0.15) is 24.0 Å². The summed E-state index contributed by atoms with van der Waals surface area (Å²) in [6, 6.07) is 8.56. The van der Waals surface area contributed by atoms with Crippen molar-refractivity contribution in [2.75, 3.05) is 32.7 Å². The number of carbonyl (C=O) groups excluding carboxylic acids is 2. The Hall–Kier alpha value is -1.68. The highest BCUT2D eigenvalue weighted by molar-refractivity contribution is 5.84. The number of hydrogen-bond donors (Lipinski definition) is 0. The molecule has 3 rings (SSSR count). The fourth-order valence-corrected chi connectivity index (χ4v) is 3.17. The predicted molar refractivity (Wildman–Crippen MR) is 81.1 cm³/mol. The summed E-state index contributed by atoms with van der Waals surface area (Å²) in [4.78, 5) is 27.7. The number of Topliss-reactive ketones (excluding diaryl/α,β-unsaturated/α-hetero) is 1. The van der Waals surface area contributed by atoms with Crippen molar-refractivity contribution in [1.29, 1.82) is 0 Å². The van der Waals surface area contributed by atoms with Gasteiger partial charge in [0.05, 0.1) is 6.54 Å². The van der Waals surface area contributed by atoms with Gasteiger partial charge in [0, 0.05) is 39.0 Å². The van der Waals surface area contributed by atoms with Gasteiger partial charge in [-0.2, -0.15) is 0 Å². The zero-order valence-corrected chi connectivity index (χ0v) is 12.4. The molecule has 1 amide bonds. The zero-order valence-electron chi connectivity index (χ0n) is 12.4. The van der Waals surface area contributed by atoms with Crippen molar-refractivity contribution in [3.8, 4) is 0 Å². The Labute approximate surface area is 125 Å². The van der Waals surface area contributed by atoms with E-state index in [1.165, 1.54) is 11.1 Å². The Morgan fingerprint density at radius 1 is 0.905 bits per heavy atom. The molecule has 0 unspecified atom stereocenters. The maximum atomic E-state index is 12.3. The molecule has 2 aliphatic rings. The van der Waals surface area contributed by atoms with Crippen LogP contribution in [0, 0.1) is 0 Å². The van der Waals surface area contributed by atoms with Crippen LogP contribution in [0.4, 0.5) is 0 Å². The summed E-state index contributed by atoms with van der Waals surface area (Å²) >= 11 is 0. The van der Waals surface area contributed by atoms with E-state index < -0.39 is 0 Å². The average Bonchev–Trinajstić information content (AvgIpc) is 2.71. The Kier molecular flexibility index (Phi) is 4.34. The van der Waals surface area contributed by atoms with Crippen molar-refractivity contribution in [1.82, 2.24) is 9.80 Å². The van der Waals surface area contributed by atoms with Crippen LogP contribution in [0.3, 0.4) is 0 Å². The van der Waals surface area contributed by atoms with Crippen molar-refractivity contribution < 1.29 is 9.59 Å². The van der Waals surface area contributed by atoms with Gasteiger partial charge in [-0.05, 0) is 24.0 Å². The molecule has 2 heterocycles. The summed E-state index contributed by atoms with van der Waals surface area (Å²) in [5, 5.41) is 0. The highest BCUT2D eigenvalue weighted by Gasteiger charge is 2.23. The Balaban J connectivity index is 1.54. The van der Waals surface area contributed by atoms with Crippen molar-refractivity contribution in [3.63, 3.8) is 0 Å². The molecule has 0 N–H and O–H groups in total. The van der Waals surface area contributed by atoms with E-state index in [-0.39, 0.29) is 11.7 Å². The standard InChI is InChI=1S/C17H22N2O2/c20-16-7-11-19(12-8-16)17(21)13-18-9-5-14-3-1-2-4-15(14)6-10-18/h1-4H,5-13H2. The van der Waals surface area contributed by atoms with E-state index in [2.05, 4.69) is 29.2 Å². The summed E-state index contributed by atoms with van der Waals surface area (Å²) in [7, 11) is 0. The van der Waals surface area contributed by atoms with E-state index >= 15 is 0 Å². The third-order valence-corrected chi connectivity index (χ3v) is 4.55. The maximum Gasteiger partial charge on any atom is 0.236 e. The summed E-state index contributed by atoms with van der Waals surface area (Å²) in [6.45, 7) is 3.57. The molecular formula is C17H22N2O2. The smallest absolute Gasteiger partial charge is 0.236 e. The number of carbonyl (C=O) groups is 2. The Morgan fingerprint density at radius 2 is 1.48 bits per heavy atom. The first kappa shape index (κ1) is 14.3. The van der Waals surface area contributed by atoms with Gasteiger partial charge >= 0.3 is 0 Å². The van der Waals surface area contributed by atoms with Crippen LogP contribution in [-0.4, -0.2) is 54.2 Å². The van der Waals surface area contributed by atoms with E-state index in [1.54, 1.807) is 0 Å². The lowest BCUT2D eigenvalue weighted by atomic mass is 10.0. The summed E-state index contributed by atoms with van der Waals surface area (Å²) in [5.74, 6) is 0.456. The number of piperidine rings is 1. The molecule has 1 saturated heterocycles. The van der Waals surface area contributed by atoms with Crippen LogP contribution in [0.15, 0.2) is 24.3 Å². The van der Waals surface area contributed by atoms with Crippen molar-refractivity contribution in [2.45, 2.75) is 25.7 Å². The average molecular weight is 286 g/mol. The lowest BCUT2D eigenvalue weighted by Crippen LogP contribution is -2.44. The number of likely N-dealkylation sites (tertiary alicyclic amines) is 1. The Morgan fingerprint density at radius 3 is 2.05 bits per heavy atom. The minimum atomic E-state index is 0.174. The third kappa shape index (κ3) is 3.50. The van der Waals surface area contributed by atoms with Crippen LogP contribution in [0.5, 0.6) is 0 Å². The van der Waals surface area contributed by atoms with Gasteiger partial charge in [0.2, 0.25) is 5.91 Å². The number of hydrogen-bond acceptors (Lipinski definition) is 3. The van der Waals surface area contributed by atoms with Gasteiger partial charge in [0.1, 0.15) is 5.78 Å². The first-order chi connectivity index (χ1) is 10.2. The van der Waals surface area contributed by atoms with Crippen molar-refractivity contribution >= 4 is 11.7 Å². The molecule has 0 spiro atoms. The minimum Gasteiger partial charge on any atom is -0.341 e. The quantitative estimate of drug-likeness (QED) is 0.822. The second-order valence-corrected chi connectivity index (χ2v) is 5.96. The van der Waals surface area contributed by atoms with Gasteiger partial charge in [0.15, 0.2) is 0 Å². The SMILES string of the molecule is O=C1CCN(C(=O)CN2CCc3ccccc3CC2)CC1. The van der Waals surface area contributed by atoms with E-state index in [9.17, 15) is 9.59 Å². The van der Waals surface area contributed by atoms with Crippen LogP contribution in [0.2, 0.25) is 0 Å². The van der Waals surface area contributed by atoms with Gasteiger partial charge in [0.25, 0.3) is 0 Å². The highest BCUT2D eigenvalue weighted by atomic mass is 16.2. The molecule has 4 nitrogen and oxygen atoms in total. The first-order valence-corrected chi connectivity index (χ1v) is 7.81. The zero-order chi connectivity index (χ0) is 14.7. The summed E-state index contributed by atoms with van der Waals surface area (Å²) in [6.07, 6.45) is 3.08. The van der Waals surface area contributed by atoms with E-state index in [1.807, 2.05) is 4.90 Å². The van der Waals surface area contributed by atoms with Crippen LogP contribution in [-0.2, 0) is 22.4 Å². The second-order valence-electron chi connectivity index (χ2n) is 5.96. The third-order valence-electron chi connectivity index (χ3n) is 4.55. The molecule has 0 saturated carbocycles. The first-order valence-electron chi connectivity index (χ1n) is 7.81. The van der Waals surface area contributed by atoms with Gasteiger partial charge in [-0.25, -0.2) is 0 Å². The maximum absolute atomic E-state index is 12.3. The molecule has 0 bridgehead atoms. The molecule has 0 radical (unpaired) electrons. The van der Waals surface area contributed by atoms with Crippen LogP contribution in [0.25, 0.3) is 0 Å². The number of nitrogens with zero attached hydrogens (tertiary/aromatic N) is 2. The van der Waals surface area contributed by atoms with Gasteiger partial charge < -0.3 is 4.90 Å². The second kappa shape index (κ2) is 6.39. The number of ketones is 1. The molecule has 0 atom stereocenters. The molecule has 1 fully saturated rings. The van der Waals surface area contributed by atoms with E-state index in [0.29, 0.717) is 32.5 Å². The topological polar surface area (TPSA) is 40.6 Å². The van der Waals surface area contributed by atoms with E-state index in [0.717, 1.165) is 25.9 Å². The minimum absolute atomic E-state index is 0.174. The normalized spacial score (nSPS) is 20.0. The number of fused-ring (bicyclic) bond motifs is 1. The molecule has 0 aliphatic carbocycles. The van der Waals surface area contributed by atoms with Gasteiger partial charge in [-0.3, -0.25) is 14.5 Å². The summed E-state index contributed by atoms with van der Waals surface area (Å²) in [5.41, 5.74) is 2.83. The van der Waals surface area contributed by atoms with Crippen molar-refractivity contribution in [3.05, 3.63) is 35.4 Å². The fraction of sp³-hybridized carbons (Fsp3) is 0.529. The van der Waals surface area contributed by atoms with Gasteiger partial charge in [-0.15, -0.1) is 0 Å². The summed E-state index contributed by atoms with van der Waals surface area (Å²) < 4.78 is 0. The van der Waals surface area contributed by atoms with Crippen LogP contribution >= 0.6 is 0 Å². The predicted octanol–water partition coefficient (Wildman–Crippen LogP) is 1.28. The fourth-order valence-electron chi connectivity index (χ4n) is 3.17. The lowest BCUT2D eigenvalue weighted by molar-refractivity contribution is -0.135. The monoisotopic (exact) mass is 286 g/mol. The lowest BCUT2D eigenvalue weighted by Gasteiger charge is -2.29. The number of benzene rings is 1. The highest BCUT2D eigenvalue weighted by Crippen LogP contribution is 2.16. The van der Waals surface area contributed by atoms with Gasteiger partial charge in [-0.1, -0.05) is 24.3 Å². The number of rotatable bonds is 2. The van der Waals surface area contributed by atoms with Crippen molar-refractivity contribution in [2.24, 2.45) is 0 Å². The molecule has 21 heavy (non-hydrogen) atoms. The molecule has 2 aliphatic heterocycles. The molecule has 4 heteroatoms. The Bertz CT molecular complexity index is 504. The van der Waals surface area contributed by atoms with Crippen LogP contribution < -0.4 is 0 Å². The molecule has 1 aromatic rings. The molecular weight excluding hydrogens is 264 g/mol. The number of amides is 1. The molecule has 112 valence electrons.